The molecule has 1 aliphatic carbocycles. The van der Waals surface area contributed by atoms with E-state index in [0.29, 0.717) is 24.7 Å². The van der Waals surface area contributed by atoms with Gasteiger partial charge in [0.05, 0.1) is 44.8 Å². The highest BCUT2D eigenvalue weighted by Crippen LogP contribution is 2.60. The van der Waals surface area contributed by atoms with Crippen LogP contribution in [0.15, 0.2) is 23.2 Å². The number of hydrogen-bond acceptors (Lipinski definition) is 6. The van der Waals surface area contributed by atoms with E-state index in [2.05, 4.69) is 6.92 Å². The molecule has 0 aromatic heterocycles. The Morgan fingerprint density at radius 2 is 2.14 bits per heavy atom. The van der Waals surface area contributed by atoms with Crippen LogP contribution in [0, 0.1) is 11.8 Å². The Balaban J connectivity index is 1.52. The molecule has 4 bridgehead atoms. The molecule has 7 rings (SSSR count). The molecule has 4 fully saturated rings. The van der Waals surface area contributed by atoms with E-state index in [1.54, 1.807) is 7.11 Å². The second-order valence-corrected chi connectivity index (χ2v) is 8.63. The van der Waals surface area contributed by atoms with E-state index in [9.17, 15) is 4.79 Å². The molecule has 1 saturated carbocycles. The Morgan fingerprint density at radius 1 is 1.32 bits per heavy atom. The largest absolute Gasteiger partial charge is 0.497 e. The van der Waals surface area contributed by atoms with Gasteiger partial charge >= 0.3 is 0 Å². The van der Waals surface area contributed by atoms with Gasteiger partial charge in [0.1, 0.15) is 16.8 Å². The number of hydroxylamine groups is 1. The highest BCUT2D eigenvalue weighted by molar-refractivity contribution is 6.07. The van der Waals surface area contributed by atoms with E-state index in [1.165, 1.54) is 12.2 Å². The van der Waals surface area contributed by atoms with Crippen LogP contribution in [0.2, 0.25) is 0 Å². The van der Waals surface area contributed by atoms with Gasteiger partial charge in [-0.2, -0.15) is 5.06 Å². The number of carbonyl (C=O) groups excluding carboxylic acids is 1. The summed E-state index contributed by atoms with van der Waals surface area (Å²) in [6.45, 7) is 2.74. The van der Waals surface area contributed by atoms with Crippen LogP contribution in [0.1, 0.15) is 25.3 Å². The lowest BCUT2D eigenvalue weighted by Gasteiger charge is -2.41. The average Bonchev–Trinajstić information content (AvgIpc) is 3.36. The van der Waals surface area contributed by atoms with Crippen molar-refractivity contribution in [1.29, 1.82) is 0 Å². The summed E-state index contributed by atoms with van der Waals surface area (Å²) >= 11 is 0. The molecule has 1 aromatic carbocycles. The molecule has 1 amide bonds. The Kier molecular flexibility index (Phi) is 3.23. The number of amides is 1. The van der Waals surface area contributed by atoms with Gasteiger partial charge in [-0.3, -0.25) is 14.6 Å². The maximum atomic E-state index is 13.7. The predicted molar refractivity (Wildman–Crippen MR) is 101 cm³/mol. The van der Waals surface area contributed by atoms with Gasteiger partial charge in [0.15, 0.2) is 0 Å². The van der Waals surface area contributed by atoms with Gasteiger partial charge in [0.2, 0.25) is 0 Å². The number of aliphatic imine (C=N–C) groups is 1. The first-order valence-corrected chi connectivity index (χ1v) is 9.96. The Hall–Kier alpha value is -1.96. The van der Waals surface area contributed by atoms with Gasteiger partial charge in [-0.15, -0.1) is 0 Å². The fraction of sp³-hybridized carbons (Fsp3) is 0.619. The van der Waals surface area contributed by atoms with Crippen molar-refractivity contribution in [2.75, 3.05) is 25.9 Å². The Morgan fingerprint density at radius 3 is 2.86 bits per heavy atom. The first-order valence-electron chi connectivity index (χ1n) is 9.96. The predicted octanol–water partition coefficient (Wildman–Crippen LogP) is 1.88. The maximum absolute atomic E-state index is 13.7. The van der Waals surface area contributed by atoms with Gasteiger partial charge in [-0.1, -0.05) is 6.07 Å². The van der Waals surface area contributed by atoms with E-state index < -0.39 is 5.41 Å². The average molecular weight is 384 g/mol. The number of benzene rings is 1. The number of epoxide rings is 1. The van der Waals surface area contributed by atoms with Gasteiger partial charge in [0.25, 0.3) is 5.91 Å². The number of hydrogen-bond donors (Lipinski definition) is 0. The second kappa shape index (κ2) is 5.34. The Bertz CT molecular complexity index is 903. The van der Waals surface area contributed by atoms with Crippen LogP contribution in [0.5, 0.6) is 5.75 Å². The first kappa shape index (κ1) is 16.9. The molecule has 0 N–H and O–H groups in total. The fourth-order valence-electron chi connectivity index (χ4n) is 6.22. The van der Waals surface area contributed by atoms with Crippen molar-refractivity contribution in [1.82, 2.24) is 0 Å². The SMILES string of the molecule is COc1ccc2c(c1)N(OC)C(=O)C21CC2N=CC3(OC3C)C3CC1OCC23. The second-order valence-electron chi connectivity index (χ2n) is 8.63. The van der Waals surface area contributed by atoms with Crippen molar-refractivity contribution in [3.05, 3.63) is 23.8 Å². The summed E-state index contributed by atoms with van der Waals surface area (Å²) < 4.78 is 17.7. The third-order valence-electron chi connectivity index (χ3n) is 7.71. The molecule has 2 spiro atoms. The topological polar surface area (TPSA) is 72.9 Å². The molecule has 5 heterocycles. The van der Waals surface area contributed by atoms with E-state index in [0.717, 1.165) is 17.7 Å². The maximum Gasteiger partial charge on any atom is 0.264 e. The van der Waals surface area contributed by atoms with E-state index >= 15 is 0 Å². The van der Waals surface area contributed by atoms with Crippen LogP contribution in [0.3, 0.4) is 0 Å². The van der Waals surface area contributed by atoms with Crippen LogP contribution in [-0.2, 0) is 24.5 Å². The van der Waals surface area contributed by atoms with E-state index in [-0.39, 0.29) is 35.7 Å². The summed E-state index contributed by atoms with van der Waals surface area (Å²) in [5.74, 6) is 1.26. The highest BCUT2D eigenvalue weighted by atomic mass is 16.7. The lowest BCUT2D eigenvalue weighted by atomic mass is 9.71. The van der Waals surface area contributed by atoms with Gasteiger partial charge < -0.3 is 14.2 Å². The van der Waals surface area contributed by atoms with Crippen molar-refractivity contribution in [2.24, 2.45) is 16.8 Å². The Labute approximate surface area is 163 Å². The number of nitrogens with zero attached hydrogens (tertiary/aromatic N) is 2. The molecule has 28 heavy (non-hydrogen) atoms. The van der Waals surface area contributed by atoms with E-state index in [4.69, 9.17) is 24.0 Å². The lowest BCUT2D eigenvalue weighted by Crippen LogP contribution is -2.52. The summed E-state index contributed by atoms with van der Waals surface area (Å²) in [4.78, 5) is 24.2. The summed E-state index contributed by atoms with van der Waals surface area (Å²) in [6, 6.07) is 5.82. The number of ether oxygens (including phenoxy) is 3. The highest BCUT2D eigenvalue weighted by Gasteiger charge is 2.70. The minimum Gasteiger partial charge on any atom is -0.497 e. The number of anilines is 1. The summed E-state index contributed by atoms with van der Waals surface area (Å²) in [5.41, 5.74) is 0.643. The van der Waals surface area contributed by atoms with Crippen molar-refractivity contribution in [2.45, 2.75) is 49.0 Å². The lowest BCUT2D eigenvalue weighted by molar-refractivity contribution is -0.138. The van der Waals surface area contributed by atoms with Gasteiger partial charge in [-0.05, 0) is 31.4 Å². The smallest absolute Gasteiger partial charge is 0.264 e. The molecule has 5 aliphatic heterocycles. The number of methoxy groups -OCH3 is 1. The van der Waals surface area contributed by atoms with Gasteiger partial charge in [0, 0.05) is 24.1 Å². The van der Waals surface area contributed by atoms with Crippen molar-refractivity contribution < 1.29 is 23.8 Å². The van der Waals surface area contributed by atoms with E-state index in [1.807, 2.05) is 24.4 Å². The minimum absolute atomic E-state index is 0.0511. The molecule has 7 atom stereocenters. The summed E-state index contributed by atoms with van der Waals surface area (Å²) in [5, 5.41) is 1.40. The standard InChI is InChI=1S/C21H24N2O5/c1-11-21(28-11)10-22-16-8-20(18-7-15(21)13(16)9-27-18)14-5-4-12(25-2)6-17(14)23(26-3)19(20)24/h4-6,10-11,13,15-16,18H,7-9H2,1-3H3. The fourth-order valence-corrected chi connectivity index (χ4v) is 6.22. The number of carbonyl (C=O) groups is 1. The van der Waals surface area contributed by atoms with Crippen molar-refractivity contribution >= 4 is 17.8 Å². The number of fused-ring (bicyclic) bond motifs is 2. The molecule has 1 aromatic rings. The summed E-state index contributed by atoms with van der Waals surface area (Å²) in [7, 11) is 3.15. The molecular weight excluding hydrogens is 360 g/mol. The zero-order valence-corrected chi connectivity index (χ0v) is 16.3. The zero-order valence-electron chi connectivity index (χ0n) is 16.3. The monoisotopic (exact) mass is 384 g/mol. The van der Waals surface area contributed by atoms with Crippen molar-refractivity contribution in [3.63, 3.8) is 0 Å². The molecular formula is C21H24N2O5. The third-order valence-corrected chi connectivity index (χ3v) is 7.71. The molecule has 148 valence electrons. The normalized spacial score (nSPS) is 44.9. The molecule has 6 aliphatic rings. The quantitative estimate of drug-likeness (QED) is 0.728. The number of rotatable bonds is 2. The van der Waals surface area contributed by atoms with Crippen LogP contribution in [0.4, 0.5) is 5.69 Å². The molecule has 7 nitrogen and oxygen atoms in total. The first-order chi connectivity index (χ1) is 13.5. The van der Waals surface area contributed by atoms with Crippen LogP contribution in [-0.4, -0.2) is 56.8 Å². The molecule has 0 radical (unpaired) electrons. The minimum atomic E-state index is -0.785. The molecule has 7 heteroatoms. The van der Waals surface area contributed by atoms with Crippen LogP contribution < -0.4 is 9.80 Å². The third kappa shape index (κ3) is 1.81. The summed E-state index contributed by atoms with van der Waals surface area (Å²) in [6.07, 6.45) is 3.43. The van der Waals surface area contributed by atoms with Crippen molar-refractivity contribution in [3.8, 4) is 5.75 Å². The molecule has 7 unspecified atom stereocenters. The molecule has 3 saturated heterocycles. The van der Waals surface area contributed by atoms with Gasteiger partial charge in [-0.25, -0.2) is 0 Å². The van der Waals surface area contributed by atoms with Crippen LogP contribution >= 0.6 is 0 Å². The van der Waals surface area contributed by atoms with Crippen LogP contribution in [0.25, 0.3) is 0 Å². The zero-order chi connectivity index (χ0) is 19.3.